The summed E-state index contributed by atoms with van der Waals surface area (Å²) in [6.45, 7) is 0.697. The van der Waals surface area contributed by atoms with Crippen molar-refractivity contribution >= 4 is 28.5 Å². The number of nitrogens with one attached hydrogen (secondary N) is 2. The molecule has 1 unspecified atom stereocenters. The largest absolute Gasteiger partial charge is 0.489 e. The molecular formula is C22H20ClF3N2O3. The van der Waals surface area contributed by atoms with Crippen LogP contribution in [0, 0.1) is 0 Å². The first-order valence-electron chi connectivity index (χ1n) is 9.69. The molecule has 164 valence electrons. The summed E-state index contributed by atoms with van der Waals surface area (Å²) in [7, 11) is 1.36. The number of carbonyl (C=O) groups is 1. The molecule has 0 radical (unpaired) electrons. The van der Waals surface area contributed by atoms with E-state index in [1.165, 1.54) is 19.2 Å². The Labute approximate surface area is 181 Å². The third kappa shape index (κ3) is 4.50. The summed E-state index contributed by atoms with van der Waals surface area (Å²) in [6.07, 6.45) is -3.52. The molecule has 2 heterocycles. The lowest BCUT2D eigenvalue weighted by atomic mass is 9.97. The number of aromatic amines is 1. The highest BCUT2D eigenvalue weighted by molar-refractivity contribution is 6.31. The molecule has 1 aromatic heterocycles. The Kier molecular flexibility index (Phi) is 5.85. The van der Waals surface area contributed by atoms with Crippen LogP contribution in [0.5, 0.6) is 5.75 Å². The van der Waals surface area contributed by atoms with Crippen molar-refractivity contribution in [3.05, 3.63) is 63.8 Å². The van der Waals surface area contributed by atoms with E-state index < -0.39 is 11.7 Å². The van der Waals surface area contributed by atoms with Gasteiger partial charge in [0.05, 0.1) is 30.2 Å². The molecule has 1 aliphatic rings. The van der Waals surface area contributed by atoms with Gasteiger partial charge in [-0.1, -0.05) is 17.7 Å². The number of H-pyrrole nitrogens is 1. The fraction of sp³-hybridized carbons (Fsp3) is 0.318. The van der Waals surface area contributed by atoms with Gasteiger partial charge in [0.2, 0.25) is 0 Å². The molecule has 1 atom stereocenters. The highest BCUT2D eigenvalue weighted by Gasteiger charge is 2.33. The maximum atomic E-state index is 13.1. The number of fused-ring (bicyclic) bond motifs is 3. The predicted molar refractivity (Wildman–Crippen MR) is 110 cm³/mol. The number of hydrogen-bond donors (Lipinski definition) is 2. The van der Waals surface area contributed by atoms with Crippen molar-refractivity contribution in [3.63, 3.8) is 0 Å². The van der Waals surface area contributed by atoms with Crippen LogP contribution >= 0.6 is 11.6 Å². The second kappa shape index (κ2) is 8.43. The van der Waals surface area contributed by atoms with Gasteiger partial charge in [-0.25, -0.2) is 0 Å². The number of hydrogen-bond acceptors (Lipinski definition) is 4. The first-order valence-corrected chi connectivity index (χ1v) is 10.1. The number of carbonyl (C=O) groups excluding carboxylic acids is 1. The maximum Gasteiger partial charge on any atom is 0.417 e. The average molecular weight is 453 g/mol. The van der Waals surface area contributed by atoms with E-state index in [1.807, 2.05) is 12.1 Å². The Bertz CT molecular complexity index is 1130. The Morgan fingerprint density at radius 2 is 2.03 bits per heavy atom. The average Bonchev–Trinajstić information content (AvgIpc) is 3.11. The number of esters is 1. The second-order valence-electron chi connectivity index (χ2n) is 7.36. The molecular weight excluding hydrogens is 433 g/mol. The summed E-state index contributed by atoms with van der Waals surface area (Å²) in [5.74, 6) is 0.245. The first kappa shape index (κ1) is 21.5. The number of benzene rings is 2. The molecule has 2 N–H and O–H groups in total. The van der Waals surface area contributed by atoms with Crippen LogP contribution in [0.25, 0.3) is 10.9 Å². The van der Waals surface area contributed by atoms with E-state index in [9.17, 15) is 18.0 Å². The number of halogens is 4. The van der Waals surface area contributed by atoms with Crippen molar-refractivity contribution in [3.8, 4) is 5.75 Å². The lowest BCUT2D eigenvalue weighted by Crippen LogP contribution is -2.31. The van der Waals surface area contributed by atoms with Gasteiger partial charge in [-0.2, -0.15) is 13.2 Å². The van der Waals surface area contributed by atoms with Gasteiger partial charge < -0.3 is 19.8 Å². The fourth-order valence-corrected chi connectivity index (χ4v) is 4.07. The van der Waals surface area contributed by atoms with Crippen molar-refractivity contribution < 1.29 is 27.4 Å². The molecule has 1 aliphatic heterocycles. The normalized spacial score (nSPS) is 16.2. The summed E-state index contributed by atoms with van der Waals surface area (Å²) in [4.78, 5) is 15.1. The van der Waals surface area contributed by atoms with Gasteiger partial charge in [0.25, 0.3) is 0 Å². The molecule has 31 heavy (non-hydrogen) atoms. The van der Waals surface area contributed by atoms with Crippen LogP contribution in [0.3, 0.4) is 0 Å². The summed E-state index contributed by atoms with van der Waals surface area (Å²) < 4.78 is 49.7. The van der Waals surface area contributed by atoms with E-state index in [4.69, 9.17) is 21.1 Å². The third-order valence-electron chi connectivity index (χ3n) is 5.36. The molecule has 0 saturated heterocycles. The fourth-order valence-electron chi connectivity index (χ4n) is 3.85. The first-order chi connectivity index (χ1) is 14.8. The van der Waals surface area contributed by atoms with E-state index in [2.05, 4.69) is 10.3 Å². The van der Waals surface area contributed by atoms with Crippen molar-refractivity contribution in [1.82, 2.24) is 10.3 Å². The number of aromatic nitrogens is 1. The zero-order chi connectivity index (χ0) is 22.2. The van der Waals surface area contributed by atoms with E-state index in [-0.39, 0.29) is 30.1 Å². The minimum Gasteiger partial charge on any atom is -0.489 e. The summed E-state index contributed by atoms with van der Waals surface area (Å²) in [5.41, 5.74) is 2.43. The summed E-state index contributed by atoms with van der Waals surface area (Å²) in [5, 5.41) is 3.95. The molecule has 3 aromatic rings. The van der Waals surface area contributed by atoms with Gasteiger partial charge >= 0.3 is 12.1 Å². The minimum atomic E-state index is -4.52. The highest BCUT2D eigenvalue weighted by atomic mass is 35.5. The molecule has 0 saturated carbocycles. The van der Waals surface area contributed by atoms with E-state index in [0.717, 1.165) is 41.2 Å². The lowest BCUT2D eigenvalue weighted by Gasteiger charge is -2.23. The topological polar surface area (TPSA) is 63.3 Å². The van der Waals surface area contributed by atoms with Crippen LogP contribution in [0.4, 0.5) is 13.2 Å². The quantitative estimate of drug-likeness (QED) is 0.524. The monoisotopic (exact) mass is 452 g/mol. The van der Waals surface area contributed by atoms with Gasteiger partial charge in [0.15, 0.2) is 0 Å². The molecule has 0 bridgehead atoms. The van der Waals surface area contributed by atoms with Gasteiger partial charge in [-0.15, -0.1) is 0 Å². The molecule has 0 fully saturated rings. The van der Waals surface area contributed by atoms with Crippen LogP contribution < -0.4 is 10.1 Å². The highest BCUT2D eigenvalue weighted by Crippen LogP contribution is 2.36. The summed E-state index contributed by atoms with van der Waals surface area (Å²) in [6, 6.07) is 9.06. The van der Waals surface area contributed by atoms with Crippen LogP contribution in [0.1, 0.15) is 34.8 Å². The Morgan fingerprint density at radius 1 is 1.23 bits per heavy atom. The van der Waals surface area contributed by atoms with E-state index in [0.29, 0.717) is 11.3 Å². The third-order valence-corrected chi connectivity index (χ3v) is 5.69. The minimum absolute atomic E-state index is 0.0229. The number of ether oxygens (including phenoxy) is 2. The number of alkyl halides is 3. The number of methoxy groups -OCH3 is 1. The van der Waals surface area contributed by atoms with Crippen LogP contribution in [-0.2, 0) is 28.7 Å². The van der Waals surface area contributed by atoms with E-state index >= 15 is 0 Å². The maximum absolute atomic E-state index is 13.1. The van der Waals surface area contributed by atoms with Crippen LogP contribution in [0.15, 0.2) is 36.4 Å². The van der Waals surface area contributed by atoms with Crippen LogP contribution in [0.2, 0.25) is 5.02 Å². The SMILES string of the molecule is COC(=O)CC1NCCc2c1[nH]c1ccc(OCc3ccc(Cl)c(C(F)(F)F)c3)cc21. The molecule has 9 heteroatoms. The van der Waals surface area contributed by atoms with Gasteiger partial charge in [0, 0.05) is 16.6 Å². The molecule has 0 amide bonds. The Morgan fingerprint density at radius 3 is 2.77 bits per heavy atom. The zero-order valence-corrected chi connectivity index (χ0v) is 17.4. The second-order valence-corrected chi connectivity index (χ2v) is 7.77. The van der Waals surface area contributed by atoms with E-state index in [1.54, 1.807) is 6.07 Å². The molecule has 0 aliphatic carbocycles. The Balaban J connectivity index is 1.56. The molecule has 4 rings (SSSR count). The molecule has 2 aromatic carbocycles. The predicted octanol–water partition coefficient (Wildman–Crippen LogP) is 5.17. The number of rotatable bonds is 5. The lowest BCUT2D eigenvalue weighted by molar-refractivity contribution is -0.141. The van der Waals surface area contributed by atoms with Crippen LogP contribution in [-0.4, -0.2) is 24.6 Å². The van der Waals surface area contributed by atoms with Crippen molar-refractivity contribution in [2.75, 3.05) is 13.7 Å². The van der Waals surface area contributed by atoms with Gasteiger partial charge in [0.1, 0.15) is 12.4 Å². The summed E-state index contributed by atoms with van der Waals surface area (Å²) >= 11 is 5.67. The molecule has 5 nitrogen and oxygen atoms in total. The van der Waals surface area contributed by atoms with Gasteiger partial charge in [-0.3, -0.25) is 4.79 Å². The van der Waals surface area contributed by atoms with Crippen molar-refractivity contribution in [2.24, 2.45) is 0 Å². The standard InChI is InChI=1S/C22H20ClF3N2O3/c1-30-20(29)10-19-21-14(6-7-27-19)15-9-13(3-5-18(15)28-21)31-11-12-2-4-17(23)16(8-12)22(24,25)26/h2-5,8-9,19,27-28H,6-7,10-11H2,1H3. The van der Waals surface area contributed by atoms with Crippen molar-refractivity contribution in [2.45, 2.75) is 31.7 Å². The van der Waals surface area contributed by atoms with Gasteiger partial charge in [-0.05, 0) is 54.4 Å². The smallest absolute Gasteiger partial charge is 0.417 e. The Hall–Kier alpha value is -2.71. The molecule has 0 spiro atoms. The zero-order valence-electron chi connectivity index (χ0n) is 16.6. The van der Waals surface area contributed by atoms with Crippen molar-refractivity contribution in [1.29, 1.82) is 0 Å².